The topological polar surface area (TPSA) is 38.6 Å². The van der Waals surface area contributed by atoms with Crippen molar-refractivity contribution < 1.29 is 4.74 Å². The maximum Gasteiger partial charge on any atom is 0.118 e. The molecule has 132 valence electrons. The van der Waals surface area contributed by atoms with E-state index in [-0.39, 0.29) is 0 Å². The number of methoxy groups -OCH3 is 1. The van der Waals surface area contributed by atoms with Gasteiger partial charge in [0.05, 0.1) is 29.7 Å². The molecular weight excluding hydrogens is 310 g/mol. The Labute approximate surface area is 149 Å². The predicted molar refractivity (Wildman–Crippen MR) is 105 cm³/mol. The van der Waals surface area contributed by atoms with E-state index < -0.39 is 0 Å². The zero-order valence-corrected chi connectivity index (χ0v) is 15.8. The standard InChI is InChI=1S/C21H27N3O/c1-6-17(7-2)22-19-13-15(4)23-24-20(19)12-14(3)21(24)16-8-10-18(25-5)11-9-16/h8-13,17,22H,6-7H2,1-5H3. The molecule has 3 aromatic rings. The number of nitrogens with one attached hydrogen (secondary N) is 1. The van der Waals surface area contributed by atoms with Gasteiger partial charge >= 0.3 is 0 Å². The molecule has 0 unspecified atom stereocenters. The van der Waals surface area contributed by atoms with E-state index in [0.717, 1.165) is 46.7 Å². The molecule has 0 saturated heterocycles. The zero-order chi connectivity index (χ0) is 18.0. The number of aromatic nitrogens is 2. The number of benzene rings is 1. The first-order chi connectivity index (χ1) is 12.1. The van der Waals surface area contributed by atoms with E-state index >= 15 is 0 Å². The van der Waals surface area contributed by atoms with E-state index in [0.29, 0.717) is 6.04 Å². The van der Waals surface area contributed by atoms with Crippen LogP contribution in [0.2, 0.25) is 0 Å². The van der Waals surface area contributed by atoms with Gasteiger partial charge < -0.3 is 10.1 Å². The molecule has 0 atom stereocenters. The third kappa shape index (κ3) is 3.34. The molecule has 4 nitrogen and oxygen atoms in total. The van der Waals surface area contributed by atoms with Crippen molar-refractivity contribution in [3.05, 3.63) is 47.7 Å². The van der Waals surface area contributed by atoms with Gasteiger partial charge in [-0.2, -0.15) is 5.10 Å². The van der Waals surface area contributed by atoms with Crippen molar-refractivity contribution in [1.82, 2.24) is 9.61 Å². The number of hydrogen-bond donors (Lipinski definition) is 1. The van der Waals surface area contributed by atoms with Crippen LogP contribution >= 0.6 is 0 Å². The number of rotatable bonds is 6. The van der Waals surface area contributed by atoms with Gasteiger partial charge in [-0.15, -0.1) is 0 Å². The minimum absolute atomic E-state index is 0.477. The van der Waals surface area contributed by atoms with Crippen LogP contribution in [0.5, 0.6) is 5.75 Å². The number of fused-ring (bicyclic) bond motifs is 1. The molecule has 25 heavy (non-hydrogen) atoms. The van der Waals surface area contributed by atoms with Crippen molar-refractivity contribution in [1.29, 1.82) is 0 Å². The number of ether oxygens (including phenoxy) is 1. The molecule has 0 aliphatic carbocycles. The molecule has 0 fully saturated rings. The highest BCUT2D eigenvalue weighted by molar-refractivity contribution is 5.80. The summed E-state index contributed by atoms with van der Waals surface area (Å²) in [6.07, 6.45) is 2.21. The quantitative estimate of drug-likeness (QED) is 0.669. The minimum Gasteiger partial charge on any atom is -0.497 e. The van der Waals surface area contributed by atoms with Crippen molar-refractivity contribution in [3.63, 3.8) is 0 Å². The summed E-state index contributed by atoms with van der Waals surface area (Å²) in [7, 11) is 1.69. The van der Waals surface area contributed by atoms with Crippen LogP contribution in [0.4, 0.5) is 5.69 Å². The van der Waals surface area contributed by atoms with E-state index in [2.05, 4.69) is 54.9 Å². The molecule has 0 bridgehead atoms. The number of aryl methyl sites for hydroxylation is 2. The van der Waals surface area contributed by atoms with Gasteiger partial charge in [0.15, 0.2) is 0 Å². The predicted octanol–water partition coefficient (Wildman–Crippen LogP) is 5.23. The van der Waals surface area contributed by atoms with E-state index in [1.807, 2.05) is 19.1 Å². The third-order valence-corrected chi connectivity index (χ3v) is 4.76. The monoisotopic (exact) mass is 337 g/mol. The first-order valence-corrected chi connectivity index (χ1v) is 8.98. The molecule has 0 aliphatic heterocycles. The summed E-state index contributed by atoms with van der Waals surface area (Å²) in [6.45, 7) is 8.63. The highest BCUT2D eigenvalue weighted by Gasteiger charge is 2.15. The molecule has 0 saturated carbocycles. The molecule has 0 spiro atoms. The Bertz CT molecular complexity index is 861. The van der Waals surface area contributed by atoms with Crippen molar-refractivity contribution in [3.8, 4) is 17.0 Å². The maximum absolute atomic E-state index is 5.28. The van der Waals surface area contributed by atoms with E-state index in [1.165, 1.54) is 5.56 Å². The fraction of sp³-hybridized carbons (Fsp3) is 0.381. The fourth-order valence-corrected chi connectivity index (χ4v) is 3.31. The van der Waals surface area contributed by atoms with Gasteiger partial charge in [0.25, 0.3) is 0 Å². The average Bonchev–Trinajstić information content (AvgIpc) is 2.95. The summed E-state index contributed by atoms with van der Waals surface area (Å²) in [5.41, 5.74) is 6.78. The summed E-state index contributed by atoms with van der Waals surface area (Å²) in [6, 6.07) is 13.0. The van der Waals surface area contributed by atoms with Gasteiger partial charge in [-0.25, -0.2) is 4.52 Å². The van der Waals surface area contributed by atoms with Crippen molar-refractivity contribution in [2.75, 3.05) is 12.4 Å². The van der Waals surface area contributed by atoms with Crippen molar-refractivity contribution in [2.45, 2.75) is 46.6 Å². The van der Waals surface area contributed by atoms with Crippen LogP contribution < -0.4 is 10.1 Å². The molecular formula is C21H27N3O. The lowest BCUT2D eigenvalue weighted by Gasteiger charge is -2.18. The smallest absolute Gasteiger partial charge is 0.118 e. The van der Waals surface area contributed by atoms with Crippen LogP contribution in [-0.2, 0) is 0 Å². The van der Waals surface area contributed by atoms with Gasteiger partial charge in [0.1, 0.15) is 5.75 Å². The molecule has 1 N–H and O–H groups in total. The second kappa shape index (κ2) is 7.18. The van der Waals surface area contributed by atoms with Crippen molar-refractivity contribution in [2.24, 2.45) is 0 Å². The SMILES string of the molecule is CCC(CC)Nc1cc(C)nn2c(-c3ccc(OC)cc3)c(C)cc12. The van der Waals surface area contributed by atoms with Gasteiger partial charge in [-0.3, -0.25) is 0 Å². The van der Waals surface area contributed by atoms with Crippen LogP contribution in [0, 0.1) is 13.8 Å². The number of nitrogens with zero attached hydrogens (tertiary/aromatic N) is 2. The minimum atomic E-state index is 0.477. The lowest BCUT2D eigenvalue weighted by Crippen LogP contribution is -2.18. The lowest BCUT2D eigenvalue weighted by molar-refractivity contribution is 0.415. The Morgan fingerprint density at radius 1 is 1.08 bits per heavy atom. The van der Waals surface area contributed by atoms with Crippen LogP contribution in [0.1, 0.15) is 37.9 Å². The first-order valence-electron chi connectivity index (χ1n) is 8.98. The second-order valence-electron chi connectivity index (χ2n) is 6.56. The van der Waals surface area contributed by atoms with E-state index in [1.54, 1.807) is 7.11 Å². The number of hydrogen-bond acceptors (Lipinski definition) is 3. The zero-order valence-electron chi connectivity index (χ0n) is 15.8. The Morgan fingerprint density at radius 2 is 1.76 bits per heavy atom. The molecule has 2 aromatic heterocycles. The largest absolute Gasteiger partial charge is 0.497 e. The Hall–Kier alpha value is -2.49. The van der Waals surface area contributed by atoms with Crippen LogP contribution in [0.3, 0.4) is 0 Å². The van der Waals surface area contributed by atoms with Crippen LogP contribution in [0.25, 0.3) is 16.8 Å². The summed E-state index contributed by atoms with van der Waals surface area (Å²) in [4.78, 5) is 0. The van der Waals surface area contributed by atoms with Gasteiger partial charge in [0, 0.05) is 11.6 Å². The highest BCUT2D eigenvalue weighted by atomic mass is 16.5. The maximum atomic E-state index is 5.28. The van der Waals surface area contributed by atoms with Crippen molar-refractivity contribution >= 4 is 11.2 Å². The van der Waals surface area contributed by atoms with Gasteiger partial charge in [-0.05, 0) is 68.7 Å². The van der Waals surface area contributed by atoms with Crippen LogP contribution in [0.15, 0.2) is 36.4 Å². The Morgan fingerprint density at radius 3 is 2.36 bits per heavy atom. The van der Waals surface area contributed by atoms with Crippen LogP contribution in [-0.4, -0.2) is 22.8 Å². The second-order valence-corrected chi connectivity index (χ2v) is 6.56. The lowest BCUT2D eigenvalue weighted by atomic mass is 10.1. The normalized spacial score (nSPS) is 11.3. The molecule has 1 aromatic carbocycles. The summed E-state index contributed by atoms with van der Waals surface area (Å²) in [5.74, 6) is 0.863. The average molecular weight is 337 g/mol. The van der Waals surface area contributed by atoms with Gasteiger partial charge in [-0.1, -0.05) is 13.8 Å². The summed E-state index contributed by atoms with van der Waals surface area (Å²) in [5, 5.41) is 8.47. The third-order valence-electron chi connectivity index (χ3n) is 4.76. The number of anilines is 1. The van der Waals surface area contributed by atoms with E-state index in [9.17, 15) is 0 Å². The van der Waals surface area contributed by atoms with Gasteiger partial charge in [0.2, 0.25) is 0 Å². The van der Waals surface area contributed by atoms with E-state index in [4.69, 9.17) is 9.84 Å². The Kier molecular flexibility index (Phi) is 4.98. The highest BCUT2D eigenvalue weighted by Crippen LogP contribution is 2.31. The summed E-state index contributed by atoms with van der Waals surface area (Å²) < 4.78 is 7.35. The molecule has 0 radical (unpaired) electrons. The molecule has 3 rings (SSSR count). The molecule has 2 heterocycles. The fourth-order valence-electron chi connectivity index (χ4n) is 3.31. The molecule has 4 heteroatoms. The Balaban J connectivity index is 2.14. The molecule has 0 aliphatic rings. The first kappa shape index (κ1) is 17.3. The molecule has 0 amide bonds. The summed E-state index contributed by atoms with van der Waals surface area (Å²) >= 11 is 0.